The highest BCUT2D eigenvalue weighted by molar-refractivity contribution is 6.01. The lowest BCUT2D eigenvalue weighted by Gasteiger charge is -2.07. The van der Waals surface area contributed by atoms with E-state index >= 15 is 0 Å². The zero-order valence-corrected chi connectivity index (χ0v) is 20.9. The highest BCUT2D eigenvalue weighted by Gasteiger charge is 2.08. The number of carboxylic acids is 1. The van der Waals surface area contributed by atoms with Crippen molar-refractivity contribution in [2.45, 2.75) is 110 Å². The molecule has 1 rings (SSSR count). The average Bonchev–Trinajstić information content (AvgIpc) is 2.82. The molecule has 1 amide bonds. The zero-order valence-electron chi connectivity index (χ0n) is 20.9. The van der Waals surface area contributed by atoms with E-state index in [4.69, 9.17) is 10.3 Å². The lowest BCUT2D eigenvalue weighted by molar-refractivity contribution is -0.136. The Balaban J connectivity index is 2.07. The van der Waals surface area contributed by atoms with Crippen LogP contribution in [0.1, 0.15) is 115 Å². The molecule has 0 heterocycles. The minimum atomic E-state index is -0.944. The number of nitrogens with one attached hydrogen (secondary N) is 1. The lowest BCUT2D eigenvalue weighted by Crippen LogP contribution is -2.11. The lowest BCUT2D eigenvalue weighted by atomic mass is 10.1. The topological polar surface area (TPSA) is 99.0 Å². The van der Waals surface area contributed by atoms with E-state index in [-0.39, 0.29) is 18.7 Å². The average molecular weight is 473 g/mol. The van der Waals surface area contributed by atoms with E-state index in [0.717, 1.165) is 25.7 Å². The molecule has 0 saturated heterocycles. The van der Waals surface area contributed by atoms with Gasteiger partial charge < -0.3 is 15.6 Å². The van der Waals surface area contributed by atoms with Crippen molar-refractivity contribution >= 4 is 23.3 Å². The Morgan fingerprint density at radius 1 is 0.794 bits per heavy atom. The second-order valence-electron chi connectivity index (χ2n) is 8.90. The van der Waals surface area contributed by atoms with Crippen LogP contribution in [0.25, 0.3) is 0 Å². The van der Waals surface area contributed by atoms with E-state index in [1.165, 1.54) is 57.8 Å². The molecule has 34 heavy (non-hydrogen) atoms. The number of unbranched alkanes of at least 4 members (excludes halogenated alkanes) is 11. The van der Waals surface area contributed by atoms with Gasteiger partial charge in [-0.2, -0.15) is 0 Å². The first kappa shape index (κ1) is 29.4. The minimum absolute atomic E-state index is 0.00713. The summed E-state index contributed by atoms with van der Waals surface area (Å²) in [4.78, 5) is 22.8. The van der Waals surface area contributed by atoms with Crippen LogP contribution in [0, 0.1) is 0 Å². The standard InChI is InChI=1S/C28H44N2O4/c1-2-3-4-5-6-7-8-9-10-11-12-13-14-15-16-17-27(31)29-25-20-18-24(19-21-25)26(30-34)22-23-28(32)33/h9-10,18-21,34H,2-8,11-17,22-23H2,1H3,(H,29,31)(H,32,33)/b10-9-,30-26?. The fourth-order valence-electron chi connectivity index (χ4n) is 3.80. The minimum Gasteiger partial charge on any atom is -0.481 e. The number of carbonyl (C=O) groups excluding carboxylic acids is 1. The van der Waals surface area contributed by atoms with Crippen LogP contribution in [0.15, 0.2) is 41.6 Å². The van der Waals surface area contributed by atoms with Crippen LogP contribution in [0.5, 0.6) is 0 Å². The third-order valence-corrected chi connectivity index (χ3v) is 5.86. The maximum atomic E-state index is 12.1. The van der Waals surface area contributed by atoms with Gasteiger partial charge in [0.25, 0.3) is 0 Å². The van der Waals surface area contributed by atoms with Gasteiger partial charge in [-0.05, 0) is 49.8 Å². The van der Waals surface area contributed by atoms with E-state index in [2.05, 4.69) is 29.5 Å². The summed E-state index contributed by atoms with van der Waals surface area (Å²) in [5, 5.41) is 23.9. The maximum Gasteiger partial charge on any atom is 0.303 e. The molecule has 1 aromatic rings. The molecule has 0 aliphatic heterocycles. The van der Waals surface area contributed by atoms with Crippen LogP contribution in [0.3, 0.4) is 0 Å². The van der Waals surface area contributed by atoms with Gasteiger partial charge in [0.05, 0.1) is 12.1 Å². The molecule has 0 atom stereocenters. The van der Waals surface area contributed by atoms with E-state index < -0.39 is 5.97 Å². The van der Waals surface area contributed by atoms with Crippen molar-refractivity contribution < 1.29 is 19.9 Å². The highest BCUT2D eigenvalue weighted by atomic mass is 16.4. The van der Waals surface area contributed by atoms with Crippen molar-refractivity contribution in [3.63, 3.8) is 0 Å². The normalized spacial score (nSPS) is 11.7. The van der Waals surface area contributed by atoms with Gasteiger partial charge in [0.1, 0.15) is 0 Å². The third kappa shape index (κ3) is 15.3. The first-order chi connectivity index (χ1) is 16.6. The summed E-state index contributed by atoms with van der Waals surface area (Å²) in [6.45, 7) is 2.25. The molecular weight excluding hydrogens is 428 g/mol. The second kappa shape index (κ2) is 19.8. The Labute approximate surface area is 205 Å². The van der Waals surface area contributed by atoms with Crippen molar-refractivity contribution in [3.8, 4) is 0 Å². The summed E-state index contributed by atoms with van der Waals surface area (Å²) in [5.41, 5.74) is 1.63. The summed E-state index contributed by atoms with van der Waals surface area (Å²) >= 11 is 0. The molecular formula is C28H44N2O4. The van der Waals surface area contributed by atoms with Gasteiger partial charge in [-0.1, -0.05) is 87.7 Å². The molecule has 0 spiro atoms. The van der Waals surface area contributed by atoms with Gasteiger partial charge in [0, 0.05) is 18.5 Å². The molecule has 3 N–H and O–H groups in total. The van der Waals surface area contributed by atoms with Gasteiger partial charge in [-0.25, -0.2) is 0 Å². The van der Waals surface area contributed by atoms with E-state index in [1.54, 1.807) is 24.3 Å². The van der Waals surface area contributed by atoms with Gasteiger partial charge >= 0.3 is 5.97 Å². The zero-order chi connectivity index (χ0) is 24.9. The first-order valence-corrected chi connectivity index (χ1v) is 13.0. The SMILES string of the molecule is CCCCCCCC/C=C\CCCCCCCC(=O)Nc1ccc(C(CCC(=O)O)=NO)cc1. The largest absolute Gasteiger partial charge is 0.481 e. The van der Waals surface area contributed by atoms with Gasteiger partial charge in [-0.15, -0.1) is 0 Å². The van der Waals surface area contributed by atoms with E-state index in [9.17, 15) is 9.59 Å². The predicted octanol–water partition coefficient (Wildman–Crippen LogP) is 7.71. The number of oxime groups is 1. The number of carboxylic acid groups (broad SMARTS) is 1. The number of rotatable bonds is 20. The molecule has 0 aromatic heterocycles. The van der Waals surface area contributed by atoms with Crippen molar-refractivity contribution in [1.82, 2.24) is 0 Å². The predicted molar refractivity (Wildman–Crippen MR) is 140 cm³/mol. The van der Waals surface area contributed by atoms with Crippen molar-refractivity contribution in [2.75, 3.05) is 5.32 Å². The van der Waals surface area contributed by atoms with Gasteiger partial charge in [-0.3, -0.25) is 9.59 Å². The number of benzene rings is 1. The summed E-state index contributed by atoms with van der Waals surface area (Å²) in [6.07, 6.45) is 21.2. The Bertz CT molecular complexity index is 741. The van der Waals surface area contributed by atoms with E-state index in [1.807, 2.05) is 0 Å². The van der Waals surface area contributed by atoms with Crippen molar-refractivity contribution in [2.24, 2.45) is 5.16 Å². The van der Waals surface area contributed by atoms with Crippen LogP contribution < -0.4 is 5.32 Å². The number of amides is 1. The maximum absolute atomic E-state index is 12.1. The van der Waals surface area contributed by atoms with Gasteiger partial charge in [0.2, 0.25) is 5.91 Å². The Morgan fingerprint density at radius 2 is 1.35 bits per heavy atom. The molecule has 0 unspecified atom stereocenters. The van der Waals surface area contributed by atoms with Gasteiger partial charge in [0.15, 0.2) is 0 Å². The van der Waals surface area contributed by atoms with Crippen molar-refractivity contribution in [1.29, 1.82) is 0 Å². The molecule has 0 radical (unpaired) electrons. The summed E-state index contributed by atoms with van der Waals surface area (Å²) in [5.74, 6) is -0.951. The highest BCUT2D eigenvalue weighted by Crippen LogP contribution is 2.14. The van der Waals surface area contributed by atoms with Crippen LogP contribution >= 0.6 is 0 Å². The number of aliphatic carboxylic acids is 1. The Hall–Kier alpha value is -2.63. The van der Waals surface area contributed by atoms with Crippen LogP contribution in [-0.4, -0.2) is 27.9 Å². The van der Waals surface area contributed by atoms with Crippen LogP contribution in [0.4, 0.5) is 5.69 Å². The number of carbonyl (C=O) groups is 2. The van der Waals surface area contributed by atoms with Crippen molar-refractivity contribution in [3.05, 3.63) is 42.0 Å². The number of hydrogen-bond acceptors (Lipinski definition) is 4. The molecule has 0 aliphatic rings. The fraction of sp³-hybridized carbons (Fsp3) is 0.607. The van der Waals surface area contributed by atoms with Crippen LogP contribution in [0.2, 0.25) is 0 Å². The molecule has 1 aromatic carbocycles. The third-order valence-electron chi connectivity index (χ3n) is 5.86. The van der Waals surface area contributed by atoms with Crippen LogP contribution in [-0.2, 0) is 9.59 Å². The summed E-state index contributed by atoms with van der Waals surface area (Å²) in [6, 6.07) is 6.90. The fourth-order valence-corrected chi connectivity index (χ4v) is 3.80. The Morgan fingerprint density at radius 3 is 1.91 bits per heavy atom. The first-order valence-electron chi connectivity index (χ1n) is 13.0. The van der Waals surface area contributed by atoms with E-state index in [0.29, 0.717) is 23.4 Å². The molecule has 0 aliphatic carbocycles. The smallest absolute Gasteiger partial charge is 0.303 e. The molecule has 0 saturated carbocycles. The second-order valence-corrected chi connectivity index (χ2v) is 8.90. The molecule has 190 valence electrons. The molecule has 6 nitrogen and oxygen atoms in total. The molecule has 0 fully saturated rings. The number of hydrogen-bond donors (Lipinski definition) is 3. The summed E-state index contributed by atoms with van der Waals surface area (Å²) in [7, 11) is 0. The monoisotopic (exact) mass is 472 g/mol. The number of allylic oxidation sites excluding steroid dienone is 2. The summed E-state index contributed by atoms with van der Waals surface area (Å²) < 4.78 is 0. The molecule has 6 heteroatoms. The quantitative estimate of drug-likeness (QED) is 0.0595. The Kier molecular flexibility index (Phi) is 17.1. The molecule has 0 bridgehead atoms. The number of nitrogens with zero attached hydrogens (tertiary/aromatic N) is 1. The number of anilines is 1.